The van der Waals surface area contributed by atoms with Crippen molar-refractivity contribution in [1.29, 1.82) is 0 Å². The lowest BCUT2D eigenvalue weighted by molar-refractivity contribution is 0.699. The first-order chi connectivity index (χ1) is 7.26. The van der Waals surface area contributed by atoms with Gasteiger partial charge in [-0.25, -0.2) is 15.8 Å². The summed E-state index contributed by atoms with van der Waals surface area (Å²) < 4.78 is 0. The lowest BCUT2D eigenvalue weighted by Crippen LogP contribution is -2.15. The minimum absolute atomic E-state index is 0.615. The molecule has 84 valence electrons. The molecule has 5 nitrogen and oxygen atoms in total. The Labute approximate surface area is 94.2 Å². The lowest BCUT2D eigenvalue weighted by atomic mass is 10.2. The predicted molar refractivity (Wildman–Crippen MR) is 65.9 cm³/mol. The molecule has 0 aliphatic rings. The lowest BCUT2D eigenvalue weighted by Gasteiger charge is -2.11. The summed E-state index contributed by atoms with van der Waals surface area (Å²) in [5.74, 6) is 8.42. The van der Waals surface area contributed by atoms with E-state index in [1.54, 1.807) is 6.07 Å². The summed E-state index contributed by atoms with van der Waals surface area (Å²) in [4.78, 5) is 8.02. The van der Waals surface area contributed by atoms with Gasteiger partial charge < -0.3 is 10.7 Å². The van der Waals surface area contributed by atoms with Crippen LogP contribution in [0.2, 0.25) is 0 Å². The van der Waals surface area contributed by atoms with E-state index in [0.29, 0.717) is 11.7 Å². The maximum absolute atomic E-state index is 5.25. The van der Waals surface area contributed by atoms with E-state index >= 15 is 0 Å². The Kier molecular flexibility index (Phi) is 5.20. The second kappa shape index (κ2) is 6.47. The Hall–Kier alpha value is -1.01. The van der Waals surface area contributed by atoms with E-state index in [2.05, 4.69) is 33.9 Å². The van der Waals surface area contributed by atoms with E-state index in [4.69, 9.17) is 5.84 Å². The van der Waals surface area contributed by atoms with Gasteiger partial charge in [-0.3, -0.25) is 0 Å². The molecule has 1 aromatic heterocycles. The molecule has 1 rings (SSSR count). The minimum Gasteiger partial charge on any atom is -0.370 e. The van der Waals surface area contributed by atoms with E-state index in [0.717, 1.165) is 18.1 Å². The van der Waals surface area contributed by atoms with Crippen LogP contribution in [0.4, 0.5) is 11.6 Å². The number of anilines is 2. The Bertz CT molecular complexity index is 294. The van der Waals surface area contributed by atoms with Gasteiger partial charge in [-0.05, 0) is 17.9 Å². The van der Waals surface area contributed by atoms with Crippen molar-refractivity contribution in [3.05, 3.63) is 12.4 Å². The van der Waals surface area contributed by atoms with Crippen molar-refractivity contribution in [2.24, 2.45) is 11.8 Å². The van der Waals surface area contributed by atoms with Gasteiger partial charge in [0.05, 0.1) is 0 Å². The van der Waals surface area contributed by atoms with Gasteiger partial charge in [0, 0.05) is 12.6 Å². The average Bonchev–Trinajstić information content (AvgIpc) is 2.27. The standard InChI is InChI=1S/C9H17N5S/c1-7(5-15-2)4-11-8-3-9(14-10)13-6-12-8/h3,6-7H,4-5,10H2,1-2H3,(H2,11,12,13,14). The zero-order chi connectivity index (χ0) is 11.1. The van der Waals surface area contributed by atoms with Crippen LogP contribution in [0.1, 0.15) is 6.92 Å². The molecule has 0 fully saturated rings. The van der Waals surface area contributed by atoms with E-state index < -0.39 is 0 Å². The van der Waals surface area contributed by atoms with Crippen LogP contribution in [0.3, 0.4) is 0 Å². The molecule has 1 heterocycles. The number of hydrogen-bond donors (Lipinski definition) is 3. The number of hydrazine groups is 1. The van der Waals surface area contributed by atoms with Crippen molar-refractivity contribution >= 4 is 23.4 Å². The van der Waals surface area contributed by atoms with Crippen LogP contribution in [-0.4, -0.2) is 28.5 Å². The van der Waals surface area contributed by atoms with Gasteiger partial charge in [-0.2, -0.15) is 11.8 Å². The molecule has 1 unspecified atom stereocenters. The van der Waals surface area contributed by atoms with Gasteiger partial charge in [0.15, 0.2) is 0 Å². The summed E-state index contributed by atoms with van der Waals surface area (Å²) >= 11 is 1.85. The number of nitrogen functional groups attached to an aromatic ring is 1. The molecule has 6 heteroatoms. The molecule has 0 amide bonds. The number of nitrogens with one attached hydrogen (secondary N) is 2. The number of thioether (sulfide) groups is 1. The molecular formula is C9H17N5S. The Morgan fingerprint density at radius 1 is 1.47 bits per heavy atom. The van der Waals surface area contributed by atoms with E-state index in [9.17, 15) is 0 Å². The van der Waals surface area contributed by atoms with Crippen molar-refractivity contribution in [3.8, 4) is 0 Å². The first kappa shape index (κ1) is 12.1. The summed E-state index contributed by atoms with van der Waals surface area (Å²) in [5, 5.41) is 3.24. The summed E-state index contributed by atoms with van der Waals surface area (Å²) in [6.07, 6.45) is 3.59. The highest BCUT2D eigenvalue weighted by Crippen LogP contribution is 2.09. The van der Waals surface area contributed by atoms with Crippen molar-refractivity contribution in [2.45, 2.75) is 6.92 Å². The van der Waals surface area contributed by atoms with Gasteiger partial charge in [-0.15, -0.1) is 0 Å². The molecule has 1 atom stereocenters. The van der Waals surface area contributed by atoms with Gasteiger partial charge >= 0.3 is 0 Å². The Balaban J connectivity index is 2.43. The molecule has 0 radical (unpaired) electrons. The highest BCUT2D eigenvalue weighted by atomic mass is 32.2. The third kappa shape index (κ3) is 4.35. The smallest absolute Gasteiger partial charge is 0.145 e. The molecule has 15 heavy (non-hydrogen) atoms. The van der Waals surface area contributed by atoms with Gasteiger partial charge in [0.2, 0.25) is 0 Å². The largest absolute Gasteiger partial charge is 0.370 e. The maximum atomic E-state index is 5.25. The van der Waals surface area contributed by atoms with Crippen molar-refractivity contribution in [1.82, 2.24) is 9.97 Å². The fraction of sp³-hybridized carbons (Fsp3) is 0.556. The molecule has 0 aromatic carbocycles. The van der Waals surface area contributed by atoms with Crippen LogP contribution < -0.4 is 16.6 Å². The molecule has 0 saturated heterocycles. The fourth-order valence-electron chi connectivity index (χ4n) is 1.16. The molecular weight excluding hydrogens is 210 g/mol. The van der Waals surface area contributed by atoms with E-state index in [-0.39, 0.29) is 0 Å². The summed E-state index contributed by atoms with van der Waals surface area (Å²) in [6.45, 7) is 3.11. The highest BCUT2D eigenvalue weighted by Gasteiger charge is 2.02. The highest BCUT2D eigenvalue weighted by molar-refractivity contribution is 7.98. The zero-order valence-electron chi connectivity index (χ0n) is 9.03. The second-order valence-electron chi connectivity index (χ2n) is 3.37. The zero-order valence-corrected chi connectivity index (χ0v) is 9.84. The van der Waals surface area contributed by atoms with Crippen LogP contribution in [0, 0.1) is 5.92 Å². The second-order valence-corrected chi connectivity index (χ2v) is 4.28. The topological polar surface area (TPSA) is 75.9 Å². The number of hydrogen-bond acceptors (Lipinski definition) is 6. The van der Waals surface area contributed by atoms with E-state index in [1.165, 1.54) is 6.33 Å². The molecule has 4 N–H and O–H groups in total. The molecule has 0 aliphatic carbocycles. The fourth-order valence-corrected chi connectivity index (χ4v) is 1.84. The van der Waals surface area contributed by atoms with Crippen molar-refractivity contribution < 1.29 is 0 Å². The Morgan fingerprint density at radius 3 is 2.87 bits per heavy atom. The van der Waals surface area contributed by atoms with Crippen LogP contribution in [0.5, 0.6) is 0 Å². The van der Waals surface area contributed by atoms with Crippen LogP contribution in [0.15, 0.2) is 12.4 Å². The quantitative estimate of drug-likeness (QED) is 0.500. The monoisotopic (exact) mass is 227 g/mol. The van der Waals surface area contributed by atoms with Crippen LogP contribution >= 0.6 is 11.8 Å². The van der Waals surface area contributed by atoms with Crippen LogP contribution in [0.25, 0.3) is 0 Å². The van der Waals surface area contributed by atoms with E-state index in [1.807, 2.05) is 11.8 Å². The van der Waals surface area contributed by atoms with Crippen molar-refractivity contribution in [3.63, 3.8) is 0 Å². The predicted octanol–water partition coefficient (Wildman–Crippen LogP) is 1.17. The van der Waals surface area contributed by atoms with Gasteiger partial charge in [0.25, 0.3) is 0 Å². The molecule has 0 bridgehead atoms. The first-order valence-electron chi connectivity index (χ1n) is 4.77. The normalized spacial score (nSPS) is 12.2. The van der Waals surface area contributed by atoms with Crippen LogP contribution in [-0.2, 0) is 0 Å². The number of nitrogens with zero attached hydrogens (tertiary/aromatic N) is 2. The molecule has 0 spiro atoms. The number of rotatable bonds is 6. The summed E-state index contributed by atoms with van der Waals surface area (Å²) in [5.41, 5.74) is 2.48. The SMILES string of the molecule is CSCC(C)CNc1cc(NN)ncn1. The Morgan fingerprint density at radius 2 is 2.20 bits per heavy atom. The number of aromatic nitrogens is 2. The van der Waals surface area contributed by atoms with Gasteiger partial charge in [-0.1, -0.05) is 6.92 Å². The summed E-state index contributed by atoms with van der Waals surface area (Å²) in [7, 11) is 0. The number of nitrogens with two attached hydrogens (primary N) is 1. The van der Waals surface area contributed by atoms with Crippen molar-refractivity contribution in [2.75, 3.05) is 29.3 Å². The molecule has 0 saturated carbocycles. The maximum Gasteiger partial charge on any atom is 0.145 e. The average molecular weight is 227 g/mol. The summed E-state index contributed by atoms with van der Waals surface area (Å²) in [6, 6.07) is 1.78. The third-order valence-corrected chi connectivity index (χ3v) is 2.80. The molecule has 1 aromatic rings. The van der Waals surface area contributed by atoms with Gasteiger partial charge in [0.1, 0.15) is 18.0 Å². The minimum atomic E-state index is 0.615. The first-order valence-corrected chi connectivity index (χ1v) is 6.17. The third-order valence-electron chi connectivity index (χ3n) is 1.90. The molecule has 0 aliphatic heterocycles.